The standard InChI is InChI=1S/C72H52F2N2/c1-71(2)61-41-53(75(49-23-7-5-8-24-49)51-33-31-45-19-11-13-21-47(45)39-51)35-37-55(61)69-63(71)43-59-60(67(69)57-27-15-17-29-65(57)73)44-64-70(68(59)58-28-16-18-30-66(58)74)56-38-36-54(42-62(56)72(64,3)4)76(50-25-9-6-10-26-50)52-34-32-46-20-12-14-22-48(46)40-52/h5-44H,1-4H3. The van der Waals surface area contributed by atoms with Crippen LogP contribution < -0.4 is 9.80 Å². The van der Waals surface area contributed by atoms with Gasteiger partial charge in [0.1, 0.15) is 11.6 Å². The first-order chi connectivity index (χ1) is 37.0. The highest BCUT2D eigenvalue weighted by atomic mass is 19.1. The Morgan fingerprint density at radius 2 is 0.605 bits per heavy atom. The van der Waals surface area contributed by atoms with Crippen LogP contribution in [-0.2, 0) is 10.8 Å². The van der Waals surface area contributed by atoms with Crippen molar-refractivity contribution in [1.82, 2.24) is 0 Å². The Labute approximate surface area is 442 Å². The molecule has 0 radical (unpaired) electrons. The van der Waals surface area contributed by atoms with Crippen molar-refractivity contribution >= 4 is 66.4 Å². The summed E-state index contributed by atoms with van der Waals surface area (Å²) in [5, 5.41) is 6.46. The second kappa shape index (κ2) is 17.2. The number of para-hydroxylation sites is 2. The van der Waals surface area contributed by atoms with Crippen molar-refractivity contribution in [3.8, 4) is 44.5 Å². The van der Waals surface area contributed by atoms with Gasteiger partial charge in [0.15, 0.2) is 0 Å². The maximum Gasteiger partial charge on any atom is 0.131 e. The minimum atomic E-state index is -0.554. The highest BCUT2D eigenvalue weighted by Gasteiger charge is 2.43. The molecule has 0 fully saturated rings. The fourth-order valence-corrected chi connectivity index (χ4v) is 12.8. The van der Waals surface area contributed by atoms with Crippen molar-refractivity contribution < 1.29 is 8.78 Å². The first-order valence-corrected chi connectivity index (χ1v) is 26.2. The average Bonchev–Trinajstić information content (AvgIpc) is 4.03. The van der Waals surface area contributed by atoms with Gasteiger partial charge in [0.25, 0.3) is 0 Å². The van der Waals surface area contributed by atoms with Gasteiger partial charge < -0.3 is 9.80 Å². The van der Waals surface area contributed by atoms with E-state index in [1.54, 1.807) is 24.3 Å². The van der Waals surface area contributed by atoms with Crippen LogP contribution in [0.4, 0.5) is 42.9 Å². The van der Waals surface area contributed by atoms with Gasteiger partial charge in [-0.3, -0.25) is 0 Å². The smallest absolute Gasteiger partial charge is 0.131 e. The summed E-state index contributed by atoms with van der Waals surface area (Å²) in [5.41, 5.74) is 16.4. The minimum Gasteiger partial charge on any atom is -0.310 e. The third-order valence-electron chi connectivity index (χ3n) is 16.5. The molecule has 0 heterocycles. The number of benzene rings is 12. The van der Waals surface area contributed by atoms with Crippen LogP contribution in [0.5, 0.6) is 0 Å². The largest absolute Gasteiger partial charge is 0.310 e. The number of halogens is 2. The lowest BCUT2D eigenvalue weighted by Gasteiger charge is -2.29. The zero-order valence-electron chi connectivity index (χ0n) is 42.7. The zero-order chi connectivity index (χ0) is 51.5. The molecule has 2 aliphatic carbocycles. The molecule has 0 saturated carbocycles. The van der Waals surface area contributed by atoms with E-state index in [0.717, 1.165) is 111 Å². The number of nitrogens with zero attached hydrogens (tertiary/aromatic N) is 2. The maximum absolute atomic E-state index is 17.0. The van der Waals surface area contributed by atoms with Gasteiger partial charge in [0.2, 0.25) is 0 Å². The van der Waals surface area contributed by atoms with Crippen LogP contribution >= 0.6 is 0 Å². The fraction of sp³-hybridized carbons (Fsp3) is 0.0833. The Bertz CT molecular complexity index is 4050. The summed E-state index contributed by atoms with van der Waals surface area (Å²) in [6, 6.07) is 83.8. The second-order valence-corrected chi connectivity index (χ2v) is 21.5. The molecule has 14 rings (SSSR count). The van der Waals surface area contributed by atoms with Crippen LogP contribution in [0.25, 0.3) is 76.8 Å². The molecule has 0 spiro atoms. The minimum absolute atomic E-state index is 0.304. The molecule has 0 amide bonds. The monoisotopic (exact) mass is 982 g/mol. The molecule has 0 bridgehead atoms. The number of fused-ring (bicyclic) bond motifs is 9. The highest BCUT2D eigenvalue weighted by molar-refractivity contribution is 6.17. The average molecular weight is 983 g/mol. The normalized spacial score (nSPS) is 13.6. The first kappa shape index (κ1) is 45.5. The number of hydrogen-bond acceptors (Lipinski definition) is 2. The van der Waals surface area contributed by atoms with E-state index < -0.39 is 10.8 Å². The van der Waals surface area contributed by atoms with Gasteiger partial charge in [-0.05, 0) is 174 Å². The highest BCUT2D eigenvalue weighted by Crippen LogP contribution is 2.61. The molecule has 0 unspecified atom stereocenters. The lowest BCUT2D eigenvalue weighted by atomic mass is 9.76. The summed E-state index contributed by atoms with van der Waals surface area (Å²) in [5.74, 6) is -0.608. The van der Waals surface area contributed by atoms with Crippen molar-refractivity contribution in [2.75, 3.05) is 9.80 Å². The number of rotatable bonds is 8. The molecule has 12 aromatic carbocycles. The summed E-state index contributed by atoms with van der Waals surface area (Å²) >= 11 is 0. The van der Waals surface area contributed by atoms with E-state index in [2.05, 4.69) is 232 Å². The summed E-state index contributed by atoms with van der Waals surface area (Å²) in [6.45, 7) is 9.13. The quantitative estimate of drug-likeness (QED) is 0.150. The van der Waals surface area contributed by atoms with Crippen molar-refractivity contribution in [2.24, 2.45) is 0 Å². The SMILES string of the molecule is CC1(C)c2cc(N(c3ccccc3)c3ccc4ccccc4c3)ccc2-c2c1cc1c(-c3ccccc3F)c3c(cc1c2-c1ccccc1F)C(C)(C)c1cc(N(c2ccccc2)c2ccc4ccccc4c2)ccc1-3. The molecule has 0 atom stereocenters. The summed E-state index contributed by atoms with van der Waals surface area (Å²) in [4.78, 5) is 4.65. The lowest BCUT2D eigenvalue weighted by Crippen LogP contribution is -2.17. The predicted octanol–water partition coefficient (Wildman–Crippen LogP) is 20.3. The van der Waals surface area contributed by atoms with E-state index in [1.807, 2.05) is 24.3 Å². The summed E-state index contributed by atoms with van der Waals surface area (Å²) in [7, 11) is 0. The topological polar surface area (TPSA) is 6.48 Å². The summed E-state index contributed by atoms with van der Waals surface area (Å²) in [6.07, 6.45) is 0. The molecule has 2 aliphatic rings. The lowest BCUT2D eigenvalue weighted by molar-refractivity contribution is 0.630. The van der Waals surface area contributed by atoms with Crippen molar-refractivity contribution in [2.45, 2.75) is 38.5 Å². The van der Waals surface area contributed by atoms with Crippen LogP contribution in [0.1, 0.15) is 49.9 Å². The van der Waals surface area contributed by atoms with Gasteiger partial charge in [-0.25, -0.2) is 8.78 Å². The molecule has 0 N–H and O–H groups in total. The van der Waals surface area contributed by atoms with Crippen molar-refractivity contribution in [3.05, 3.63) is 277 Å². The van der Waals surface area contributed by atoms with Crippen molar-refractivity contribution in [1.29, 1.82) is 0 Å². The van der Waals surface area contributed by atoms with Gasteiger partial charge in [0, 0.05) is 67.2 Å². The Morgan fingerprint density at radius 3 is 1.01 bits per heavy atom. The van der Waals surface area contributed by atoms with Crippen LogP contribution in [0, 0.1) is 11.6 Å². The Morgan fingerprint density at radius 1 is 0.263 bits per heavy atom. The number of anilines is 6. The third-order valence-corrected chi connectivity index (χ3v) is 16.5. The van der Waals surface area contributed by atoms with Gasteiger partial charge in [-0.1, -0.05) is 173 Å². The molecule has 0 aromatic heterocycles. The van der Waals surface area contributed by atoms with Gasteiger partial charge in [0.05, 0.1) is 0 Å². The zero-order valence-corrected chi connectivity index (χ0v) is 42.7. The molecule has 12 aromatic rings. The second-order valence-electron chi connectivity index (χ2n) is 21.5. The molecule has 0 aliphatic heterocycles. The predicted molar refractivity (Wildman–Crippen MR) is 314 cm³/mol. The first-order valence-electron chi connectivity index (χ1n) is 26.2. The number of hydrogen-bond donors (Lipinski definition) is 0. The third kappa shape index (κ3) is 6.97. The van der Waals surface area contributed by atoms with Crippen LogP contribution in [0.15, 0.2) is 243 Å². The van der Waals surface area contributed by atoms with E-state index in [1.165, 1.54) is 10.8 Å². The van der Waals surface area contributed by atoms with Crippen molar-refractivity contribution in [3.63, 3.8) is 0 Å². The Balaban J connectivity index is 1.02. The molecular weight excluding hydrogens is 931 g/mol. The Hall–Kier alpha value is -9.12. The molecule has 0 saturated heterocycles. The molecule has 4 heteroatoms. The van der Waals surface area contributed by atoms with Gasteiger partial charge in [-0.15, -0.1) is 0 Å². The maximum atomic E-state index is 17.0. The van der Waals surface area contributed by atoms with Crippen LogP contribution in [0.3, 0.4) is 0 Å². The van der Waals surface area contributed by atoms with Gasteiger partial charge in [-0.2, -0.15) is 0 Å². The van der Waals surface area contributed by atoms with Crippen LogP contribution in [0.2, 0.25) is 0 Å². The van der Waals surface area contributed by atoms with E-state index in [-0.39, 0.29) is 11.6 Å². The summed E-state index contributed by atoms with van der Waals surface area (Å²) < 4.78 is 34.1. The fourth-order valence-electron chi connectivity index (χ4n) is 12.8. The Kier molecular flexibility index (Phi) is 10.3. The van der Waals surface area contributed by atoms with E-state index >= 15 is 8.78 Å². The van der Waals surface area contributed by atoms with Gasteiger partial charge >= 0.3 is 0 Å². The molecule has 364 valence electrons. The van der Waals surface area contributed by atoms with Crippen LogP contribution in [-0.4, -0.2) is 0 Å². The van der Waals surface area contributed by atoms with E-state index in [4.69, 9.17) is 0 Å². The van der Waals surface area contributed by atoms with E-state index in [0.29, 0.717) is 11.1 Å². The van der Waals surface area contributed by atoms with E-state index in [9.17, 15) is 0 Å². The molecular formula is C72H52F2N2. The molecule has 2 nitrogen and oxygen atoms in total. The molecule has 76 heavy (non-hydrogen) atoms.